The SMILES string of the molecule is O=C1C(=O)N(CCCn2ccnc2)C(c2cc(Cl)cc(Cl)c2O)C1c1c[nH]c2ccccc12. The van der Waals surface area contributed by atoms with E-state index in [1.807, 2.05) is 35.0 Å². The number of hydrogen-bond acceptors (Lipinski definition) is 4. The second kappa shape index (κ2) is 8.57. The van der Waals surface area contributed by atoms with Crippen molar-refractivity contribution in [2.45, 2.75) is 24.9 Å². The Morgan fingerprint density at radius 2 is 1.91 bits per heavy atom. The summed E-state index contributed by atoms with van der Waals surface area (Å²) >= 11 is 12.5. The number of aryl methyl sites for hydroxylation is 1. The molecule has 7 nitrogen and oxygen atoms in total. The molecular formula is C24H20Cl2N4O3. The van der Waals surface area contributed by atoms with Crippen molar-refractivity contribution < 1.29 is 14.7 Å². The zero-order valence-electron chi connectivity index (χ0n) is 17.4. The van der Waals surface area contributed by atoms with E-state index in [0.717, 1.165) is 10.9 Å². The number of ketones is 1. The molecule has 4 aromatic rings. The largest absolute Gasteiger partial charge is 0.506 e. The van der Waals surface area contributed by atoms with Crippen LogP contribution in [-0.2, 0) is 16.1 Å². The molecule has 2 N–H and O–H groups in total. The molecule has 0 bridgehead atoms. The van der Waals surface area contributed by atoms with Crippen molar-refractivity contribution in [3.05, 3.63) is 82.5 Å². The summed E-state index contributed by atoms with van der Waals surface area (Å²) in [4.78, 5) is 35.3. The Morgan fingerprint density at radius 3 is 2.70 bits per heavy atom. The number of halogens is 2. The van der Waals surface area contributed by atoms with Gasteiger partial charge in [-0.2, -0.15) is 0 Å². The van der Waals surface area contributed by atoms with Crippen LogP contribution < -0.4 is 0 Å². The highest BCUT2D eigenvalue weighted by Crippen LogP contribution is 2.49. The molecule has 168 valence electrons. The third-order valence-electron chi connectivity index (χ3n) is 6.11. The van der Waals surface area contributed by atoms with Crippen LogP contribution in [0.4, 0.5) is 0 Å². The first-order chi connectivity index (χ1) is 16.0. The van der Waals surface area contributed by atoms with Gasteiger partial charge in [-0.15, -0.1) is 0 Å². The second-order valence-corrected chi connectivity index (χ2v) is 8.90. The van der Waals surface area contributed by atoms with E-state index in [9.17, 15) is 14.7 Å². The van der Waals surface area contributed by atoms with Gasteiger partial charge < -0.3 is 19.6 Å². The van der Waals surface area contributed by atoms with Gasteiger partial charge in [0, 0.05) is 53.2 Å². The Labute approximate surface area is 199 Å². The fraction of sp³-hybridized carbons (Fsp3) is 0.208. The number of nitrogens with zero attached hydrogens (tertiary/aromatic N) is 3. The zero-order chi connectivity index (χ0) is 23.1. The van der Waals surface area contributed by atoms with Crippen molar-refractivity contribution in [1.82, 2.24) is 19.4 Å². The summed E-state index contributed by atoms with van der Waals surface area (Å²) in [6.45, 7) is 0.945. The minimum absolute atomic E-state index is 0.0698. The first-order valence-electron chi connectivity index (χ1n) is 10.5. The quantitative estimate of drug-likeness (QED) is 0.389. The van der Waals surface area contributed by atoms with Gasteiger partial charge >= 0.3 is 0 Å². The summed E-state index contributed by atoms with van der Waals surface area (Å²) in [6, 6.07) is 9.85. The number of aromatic nitrogens is 3. The van der Waals surface area contributed by atoms with Crippen molar-refractivity contribution in [3.63, 3.8) is 0 Å². The van der Waals surface area contributed by atoms with Crippen molar-refractivity contribution in [3.8, 4) is 5.75 Å². The van der Waals surface area contributed by atoms with Gasteiger partial charge in [-0.1, -0.05) is 41.4 Å². The lowest BCUT2D eigenvalue weighted by Gasteiger charge is -2.28. The minimum atomic E-state index is -0.817. The lowest BCUT2D eigenvalue weighted by atomic mass is 9.86. The zero-order valence-corrected chi connectivity index (χ0v) is 18.9. The molecule has 0 spiro atoms. The number of aromatic hydroxyl groups is 1. The number of hydrogen-bond donors (Lipinski definition) is 2. The standard InChI is InChI=1S/C24H20Cl2N4O3/c25-14-10-16(22(31)18(26)11-14)21-20(17-12-28-19-5-2-1-4-15(17)19)23(32)24(33)30(21)8-3-7-29-9-6-27-13-29/h1-2,4-6,9-13,20-21,28,31H,3,7-8H2. The molecule has 5 rings (SSSR count). The maximum atomic E-state index is 13.3. The van der Waals surface area contributed by atoms with Gasteiger partial charge in [-0.05, 0) is 30.2 Å². The summed E-state index contributed by atoms with van der Waals surface area (Å²) in [5.74, 6) is -2.11. The van der Waals surface area contributed by atoms with E-state index in [1.54, 1.807) is 24.8 Å². The first kappa shape index (κ1) is 21.6. The van der Waals surface area contributed by atoms with Gasteiger partial charge in [0.15, 0.2) is 0 Å². The molecule has 1 aliphatic rings. The van der Waals surface area contributed by atoms with E-state index in [0.29, 0.717) is 35.7 Å². The Kier molecular flexibility index (Phi) is 5.60. The Bertz CT molecular complexity index is 1350. The normalized spacial score (nSPS) is 18.5. The van der Waals surface area contributed by atoms with Crippen molar-refractivity contribution in [2.75, 3.05) is 6.54 Å². The maximum Gasteiger partial charge on any atom is 0.291 e. The number of fused-ring (bicyclic) bond motifs is 1. The van der Waals surface area contributed by atoms with Gasteiger partial charge in [0.05, 0.1) is 23.3 Å². The molecule has 1 saturated heterocycles. The molecule has 2 aromatic carbocycles. The first-order valence-corrected chi connectivity index (χ1v) is 11.3. The molecule has 2 atom stereocenters. The molecule has 1 fully saturated rings. The molecule has 9 heteroatoms. The number of imidazole rings is 1. The van der Waals surface area contributed by atoms with E-state index in [1.165, 1.54) is 11.0 Å². The fourth-order valence-corrected chi connectivity index (χ4v) is 5.14. The van der Waals surface area contributed by atoms with Gasteiger partial charge in [-0.25, -0.2) is 4.98 Å². The number of rotatable bonds is 6. The Morgan fingerprint density at radius 1 is 1.09 bits per heavy atom. The van der Waals surface area contributed by atoms with E-state index >= 15 is 0 Å². The third kappa shape index (κ3) is 3.77. The van der Waals surface area contributed by atoms with Crippen LogP contribution in [0.25, 0.3) is 10.9 Å². The Hall–Kier alpha value is -3.29. The number of phenolic OH excluding ortho intramolecular Hbond substituents is 1. The predicted molar refractivity (Wildman–Crippen MR) is 125 cm³/mol. The van der Waals surface area contributed by atoms with Crippen molar-refractivity contribution >= 4 is 45.8 Å². The second-order valence-electron chi connectivity index (χ2n) is 8.05. The Balaban J connectivity index is 1.59. The average molecular weight is 483 g/mol. The predicted octanol–water partition coefficient (Wildman–Crippen LogP) is 4.70. The number of aromatic amines is 1. The molecule has 33 heavy (non-hydrogen) atoms. The summed E-state index contributed by atoms with van der Waals surface area (Å²) in [5.41, 5.74) is 1.91. The van der Waals surface area contributed by atoms with E-state index in [4.69, 9.17) is 23.2 Å². The average Bonchev–Trinajstić information content (AvgIpc) is 3.52. The van der Waals surface area contributed by atoms with Crippen molar-refractivity contribution in [2.24, 2.45) is 0 Å². The van der Waals surface area contributed by atoms with Gasteiger partial charge in [-0.3, -0.25) is 9.59 Å². The highest BCUT2D eigenvalue weighted by Gasteiger charge is 2.50. The van der Waals surface area contributed by atoms with E-state index in [2.05, 4.69) is 9.97 Å². The molecule has 2 unspecified atom stereocenters. The molecule has 0 saturated carbocycles. The smallest absolute Gasteiger partial charge is 0.291 e. The van der Waals surface area contributed by atoms with Crippen LogP contribution in [0, 0.1) is 0 Å². The monoisotopic (exact) mass is 482 g/mol. The van der Waals surface area contributed by atoms with Crippen LogP contribution in [0.2, 0.25) is 10.0 Å². The molecular weight excluding hydrogens is 463 g/mol. The number of para-hydroxylation sites is 1. The summed E-state index contributed by atoms with van der Waals surface area (Å²) in [6.07, 6.45) is 7.58. The molecule has 2 aromatic heterocycles. The van der Waals surface area contributed by atoms with Crippen LogP contribution in [0.15, 0.2) is 61.3 Å². The fourth-order valence-electron chi connectivity index (χ4n) is 4.63. The molecule has 0 radical (unpaired) electrons. The molecule has 3 heterocycles. The lowest BCUT2D eigenvalue weighted by molar-refractivity contribution is -0.140. The van der Waals surface area contributed by atoms with Gasteiger partial charge in [0.2, 0.25) is 5.78 Å². The highest BCUT2D eigenvalue weighted by molar-refractivity contribution is 6.41. The number of nitrogens with one attached hydrogen (secondary N) is 1. The number of phenols is 1. The number of benzene rings is 2. The molecule has 1 aliphatic heterocycles. The number of amides is 1. The van der Waals surface area contributed by atoms with Gasteiger partial charge in [0.25, 0.3) is 5.91 Å². The number of Topliss-reactive ketones (excluding diaryl/α,β-unsaturated/α-hetero) is 1. The minimum Gasteiger partial charge on any atom is -0.506 e. The summed E-state index contributed by atoms with van der Waals surface area (Å²) < 4.78 is 1.91. The van der Waals surface area contributed by atoms with E-state index < -0.39 is 23.7 Å². The maximum absolute atomic E-state index is 13.3. The van der Waals surface area contributed by atoms with Gasteiger partial charge in [0.1, 0.15) is 5.75 Å². The molecule has 1 amide bonds. The number of carbonyl (C=O) groups excluding carboxylic acids is 2. The highest BCUT2D eigenvalue weighted by atomic mass is 35.5. The summed E-state index contributed by atoms with van der Waals surface area (Å²) in [5, 5.41) is 12.1. The number of likely N-dealkylation sites (tertiary alicyclic amines) is 1. The van der Waals surface area contributed by atoms with Crippen LogP contribution in [0.1, 0.15) is 29.5 Å². The van der Waals surface area contributed by atoms with Crippen LogP contribution in [0.5, 0.6) is 5.75 Å². The van der Waals surface area contributed by atoms with Crippen LogP contribution in [0.3, 0.4) is 0 Å². The van der Waals surface area contributed by atoms with E-state index in [-0.39, 0.29) is 10.8 Å². The van der Waals surface area contributed by atoms with Crippen LogP contribution in [-0.4, -0.2) is 42.8 Å². The van der Waals surface area contributed by atoms with Crippen molar-refractivity contribution in [1.29, 1.82) is 0 Å². The number of H-pyrrole nitrogens is 1. The lowest BCUT2D eigenvalue weighted by Crippen LogP contribution is -2.31. The third-order valence-corrected chi connectivity index (χ3v) is 6.62. The number of carbonyl (C=O) groups is 2. The summed E-state index contributed by atoms with van der Waals surface area (Å²) in [7, 11) is 0. The topological polar surface area (TPSA) is 91.2 Å². The van der Waals surface area contributed by atoms with Crippen LogP contribution >= 0.6 is 23.2 Å². The molecule has 0 aliphatic carbocycles.